The van der Waals surface area contributed by atoms with E-state index >= 15 is 0 Å². The molecule has 1 saturated carbocycles. The van der Waals surface area contributed by atoms with E-state index in [4.69, 9.17) is 4.74 Å². The number of carbonyl (C=O) groups excluding carboxylic acids is 2. The highest BCUT2D eigenvalue weighted by Crippen LogP contribution is 2.39. The molecule has 0 aromatic heterocycles. The molecule has 0 saturated heterocycles. The van der Waals surface area contributed by atoms with Crippen molar-refractivity contribution in [2.45, 2.75) is 59.5 Å². The second kappa shape index (κ2) is 8.34. The average molecular weight is 350 g/mol. The number of aryl methyl sites for hydroxylation is 1. The normalized spacial score (nSPS) is 20.6. The molecule has 0 aliphatic heterocycles. The Morgan fingerprint density at radius 3 is 2.40 bits per heavy atom. The molecule has 138 valence electrons. The Morgan fingerprint density at radius 1 is 1.04 bits per heavy atom. The minimum absolute atomic E-state index is 0.0313. The maximum absolute atomic E-state index is 11.8. The summed E-state index contributed by atoms with van der Waals surface area (Å²) in [5.74, 6) is -0.487. The smallest absolute Gasteiger partial charge is 0.429 e. The predicted molar refractivity (Wildman–Crippen MR) is 90.4 cm³/mol. The fourth-order valence-corrected chi connectivity index (χ4v) is 3.29. The lowest BCUT2D eigenvalue weighted by Gasteiger charge is -2.39. The van der Waals surface area contributed by atoms with Gasteiger partial charge in [0.05, 0.1) is 10.6 Å². The van der Waals surface area contributed by atoms with Crippen LogP contribution < -0.4 is 0 Å². The van der Waals surface area contributed by atoms with Crippen LogP contribution in [-0.4, -0.2) is 18.2 Å². The molecule has 2 rings (SSSR count). The highest BCUT2D eigenvalue weighted by Gasteiger charge is 2.37. The Bertz CT molecular complexity index is 604. The second-order valence-electron chi connectivity index (χ2n) is 7.50. The quantitative estimate of drug-likeness (QED) is 0.443. The Morgan fingerprint density at radius 2 is 1.72 bits per heavy atom. The molecule has 2 unspecified atom stereocenters. The van der Waals surface area contributed by atoms with E-state index < -0.39 is 12.1 Å². The van der Waals surface area contributed by atoms with Gasteiger partial charge in [0.1, 0.15) is 6.10 Å². The van der Waals surface area contributed by atoms with E-state index in [0.717, 1.165) is 31.2 Å². The summed E-state index contributed by atoms with van der Waals surface area (Å²) in [6.07, 6.45) is 2.70. The first kappa shape index (κ1) is 19.2. The SMILES string of the molecule is Cc1ccccc1C(=O)OOOC(=O)OC1CCCCC1C(C)(C)C. The zero-order valence-electron chi connectivity index (χ0n) is 15.2. The largest absolute Gasteiger partial charge is 0.543 e. The highest BCUT2D eigenvalue weighted by atomic mass is 17.5. The van der Waals surface area contributed by atoms with Crippen LogP contribution in [0.2, 0.25) is 0 Å². The summed E-state index contributed by atoms with van der Waals surface area (Å²) in [6, 6.07) is 6.86. The molecule has 0 radical (unpaired) electrons. The molecule has 6 heteroatoms. The van der Waals surface area contributed by atoms with Crippen LogP contribution in [-0.2, 0) is 19.6 Å². The fourth-order valence-electron chi connectivity index (χ4n) is 3.29. The molecular weight excluding hydrogens is 324 g/mol. The fraction of sp³-hybridized carbons (Fsp3) is 0.579. The summed E-state index contributed by atoms with van der Waals surface area (Å²) in [4.78, 5) is 32.6. The molecule has 1 fully saturated rings. The van der Waals surface area contributed by atoms with Gasteiger partial charge < -0.3 is 4.74 Å². The molecule has 0 N–H and O–H groups in total. The Kier molecular flexibility index (Phi) is 6.42. The van der Waals surface area contributed by atoms with E-state index in [1.807, 2.05) is 0 Å². The van der Waals surface area contributed by atoms with Gasteiger partial charge in [-0.2, -0.15) is 0 Å². The van der Waals surface area contributed by atoms with E-state index in [9.17, 15) is 9.59 Å². The van der Waals surface area contributed by atoms with Gasteiger partial charge in [0.2, 0.25) is 0 Å². The van der Waals surface area contributed by atoms with E-state index in [1.54, 1.807) is 31.2 Å². The molecule has 1 aliphatic carbocycles. The third kappa shape index (κ3) is 5.46. The first-order valence-electron chi connectivity index (χ1n) is 8.61. The molecule has 1 aromatic carbocycles. The summed E-state index contributed by atoms with van der Waals surface area (Å²) in [5.41, 5.74) is 1.09. The second-order valence-corrected chi connectivity index (χ2v) is 7.50. The summed E-state index contributed by atoms with van der Waals surface area (Å²) in [6.45, 7) is 8.16. The van der Waals surface area contributed by atoms with Crippen LogP contribution in [0.5, 0.6) is 0 Å². The van der Waals surface area contributed by atoms with Crippen LogP contribution in [0.3, 0.4) is 0 Å². The molecule has 25 heavy (non-hydrogen) atoms. The number of benzene rings is 1. The van der Waals surface area contributed by atoms with Gasteiger partial charge in [0.15, 0.2) is 0 Å². The summed E-state index contributed by atoms with van der Waals surface area (Å²) in [5, 5.41) is 4.30. The highest BCUT2D eigenvalue weighted by molar-refractivity contribution is 5.90. The van der Waals surface area contributed by atoms with Gasteiger partial charge in [0, 0.05) is 5.92 Å². The first-order valence-corrected chi connectivity index (χ1v) is 8.61. The molecule has 1 aromatic rings. The van der Waals surface area contributed by atoms with Crippen molar-refractivity contribution < 1.29 is 29.1 Å². The molecular formula is C19H26O6. The van der Waals surface area contributed by atoms with Gasteiger partial charge in [-0.25, -0.2) is 14.5 Å². The van der Waals surface area contributed by atoms with Crippen molar-refractivity contribution in [3.8, 4) is 0 Å². The van der Waals surface area contributed by atoms with Crippen LogP contribution in [0.25, 0.3) is 0 Å². The summed E-state index contributed by atoms with van der Waals surface area (Å²) >= 11 is 0. The van der Waals surface area contributed by atoms with Crippen LogP contribution in [0.4, 0.5) is 4.79 Å². The Balaban J connectivity index is 1.80. The third-order valence-electron chi connectivity index (χ3n) is 4.64. The minimum Gasteiger partial charge on any atom is -0.429 e. The van der Waals surface area contributed by atoms with Crippen molar-refractivity contribution in [3.63, 3.8) is 0 Å². The van der Waals surface area contributed by atoms with Crippen molar-refractivity contribution in [1.29, 1.82) is 0 Å². The Hall–Kier alpha value is -2.08. The lowest BCUT2D eigenvalue weighted by atomic mass is 9.71. The zero-order chi connectivity index (χ0) is 18.4. The lowest BCUT2D eigenvalue weighted by molar-refractivity contribution is -0.453. The number of carbonyl (C=O) groups is 2. The molecule has 0 heterocycles. The lowest BCUT2D eigenvalue weighted by Crippen LogP contribution is -2.38. The van der Waals surface area contributed by atoms with E-state index in [2.05, 4.69) is 35.6 Å². The van der Waals surface area contributed by atoms with Gasteiger partial charge in [-0.15, -0.1) is 0 Å². The van der Waals surface area contributed by atoms with Gasteiger partial charge in [-0.05, 0) is 43.2 Å². The van der Waals surface area contributed by atoms with Gasteiger partial charge in [-0.3, -0.25) is 4.89 Å². The zero-order valence-corrected chi connectivity index (χ0v) is 15.2. The van der Waals surface area contributed by atoms with Crippen molar-refractivity contribution in [2.24, 2.45) is 11.3 Å². The van der Waals surface area contributed by atoms with Gasteiger partial charge in [-0.1, -0.05) is 45.4 Å². The number of hydrogen-bond donors (Lipinski definition) is 0. The molecule has 0 amide bonds. The number of hydrogen-bond acceptors (Lipinski definition) is 6. The third-order valence-corrected chi connectivity index (χ3v) is 4.64. The maximum atomic E-state index is 11.8. The molecule has 6 nitrogen and oxygen atoms in total. The van der Waals surface area contributed by atoms with Crippen LogP contribution in [0.1, 0.15) is 62.4 Å². The van der Waals surface area contributed by atoms with Crippen molar-refractivity contribution >= 4 is 12.1 Å². The molecule has 0 bridgehead atoms. The van der Waals surface area contributed by atoms with Crippen molar-refractivity contribution in [1.82, 2.24) is 0 Å². The first-order chi connectivity index (χ1) is 11.8. The van der Waals surface area contributed by atoms with E-state index in [-0.39, 0.29) is 17.4 Å². The van der Waals surface area contributed by atoms with E-state index in [1.165, 1.54) is 0 Å². The summed E-state index contributed by atoms with van der Waals surface area (Å²) in [7, 11) is 0. The summed E-state index contributed by atoms with van der Waals surface area (Å²) < 4.78 is 5.36. The van der Waals surface area contributed by atoms with Crippen LogP contribution >= 0.6 is 0 Å². The molecule has 0 spiro atoms. The van der Waals surface area contributed by atoms with Crippen molar-refractivity contribution in [2.75, 3.05) is 0 Å². The average Bonchev–Trinajstić information content (AvgIpc) is 2.54. The van der Waals surface area contributed by atoms with Gasteiger partial charge >= 0.3 is 12.1 Å². The van der Waals surface area contributed by atoms with Crippen LogP contribution in [0, 0.1) is 18.3 Å². The topological polar surface area (TPSA) is 71.1 Å². The molecule has 1 aliphatic rings. The predicted octanol–water partition coefficient (Wildman–Crippen LogP) is 4.76. The standard InChI is InChI=1S/C19H26O6/c1-13-9-5-6-10-14(13)17(20)23-25-24-18(21)22-16-12-8-7-11-15(16)19(2,3)4/h5-6,9-10,15-16H,7-8,11-12H2,1-4H3. The van der Waals surface area contributed by atoms with Gasteiger partial charge in [0.25, 0.3) is 0 Å². The monoisotopic (exact) mass is 350 g/mol. The minimum atomic E-state index is -1.00. The van der Waals surface area contributed by atoms with Crippen LogP contribution in [0.15, 0.2) is 24.3 Å². The Labute approximate surface area is 148 Å². The maximum Gasteiger partial charge on any atom is 0.543 e. The molecule has 2 atom stereocenters. The van der Waals surface area contributed by atoms with E-state index in [0.29, 0.717) is 5.56 Å². The van der Waals surface area contributed by atoms with Crippen molar-refractivity contribution in [3.05, 3.63) is 35.4 Å². The number of ether oxygens (including phenoxy) is 1. The number of rotatable bonds is 4.